The topological polar surface area (TPSA) is 56.7 Å². The van der Waals surface area contributed by atoms with Crippen LogP contribution in [0.2, 0.25) is 0 Å². The van der Waals surface area contributed by atoms with E-state index in [4.69, 9.17) is 5.73 Å². The van der Waals surface area contributed by atoms with Crippen LogP contribution in [0.3, 0.4) is 0 Å². The van der Waals surface area contributed by atoms with Gasteiger partial charge in [0.1, 0.15) is 11.6 Å². The summed E-state index contributed by atoms with van der Waals surface area (Å²) in [6.45, 7) is 1.99. The van der Waals surface area contributed by atoms with Gasteiger partial charge < -0.3 is 5.73 Å². The second kappa shape index (κ2) is 4.53. The van der Waals surface area contributed by atoms with Gasteiger partial charge in [0.15, 0.2) is 0 Å². The van der Waals surface area contributed by atoms with Crippen LogP contribution in [0.1, 0.15) is 36.8 Å². The molecule has 2 aromatic rings. The third-order valence-electron chi connectivity index (χ3n) is 3.77. The number of benzene rings is 1. The van der Waals surface area contributed by atoms with Gasteiger partial charge in [0.2, 0.25) is 0 Å². The second-order valence-electron chi connectivity index (χ2n) is 4.98. The third-order valence-corrected chi connectivity index (χ3v) is 3.77. The Balaban J connectivity index is 2.07. The normalized spacial score (nSPS) is 23.4. The zero-order valence-corrected chi connectivity index (χ0v) is 10.6. The molecule has 2 N–H and O–H groups in total. The molecule has 0 aliphatic heterocycles. The molecule has 2 atom stereocenters. The lowest BCUT2D eigenvalue weighted by molar-refractivity contribution is 0.570. The van der Waals surface area contributed by atoms with E-state index in [2.05, 4.69) is 26.9 Å². The van der Waals surface area contributed by atoms with Crippen LogP contribution >= 0.6 is 0 Å². The first kappa shape index (κ1) is 11.4. The van der Waals surface area contributed by atoms with Gasteiger partial charge in [-0.1, -0.05) is 24.6 Å². The van der Waals surface area contributed by atoms with E-state index in [-0.39, 0.29) is 6.04 Å². The van der Waals surface area contributed by atoms with Crippen molar-refractivity contribution in [2.45, 2.75) is 38.1 Å². The molecule has 1 aliphatic rings. The van der Waals surface area contributed by atoms with Crippen LogP contribution in [0.4, 0.5) is 0 Å². The van der Waals surface area contributed by atoms with E-state index in [0.717, 1.165) is 30.2 Å². The summed E-state index contributed by atoms with van der Waals surface area (Å²) < 4.78 is 2.13. The molecule has 0 radical (unpaired) electrons. The van der Waals surface area contributed by atoms with Gasteiger partial charge in [-0.3, -0.25) is 4.57 Å². The maximum atomic E-state index is 6.19. The molecular weight excluding hydrogens is 224 g/mol. The largest absolute Gasteiger partial charge is 0.327 e. The number of aromatic nitrogens is 3. The maximum absolute atomic E-state index is 6.19. The average Bonchev–Trinajstić information content (AvgIpc) is 2.96. The lowest BCUT2D eigenvalue weighted by atomic mass is 10.0. The molecule has 0 saturated heterocycles. The molecule has 4 nitrogen and oxygen atoms in total. The Morgan fingerprint density at radius 1 is 1.17 bits per heavy atom. The Labute approximate surface area is 107 Å². The van der Waals surface area contributed by atoms with Crippen LogP contribution in [-0.4, -0.2) is 20.8 Å². The second-order valence-corrected chi connectivity index (χ2v) is 4.98. The molecule has 18 heavy (non-hydrogen) atoms. The Morgan fingerprint density at radius 2 is 1.94 bits per heavy atom. The third kappa shape index (κ3) is 1.82. The Hall–Kier alpha value is -1.68. The molecule has 3 rings (SSSR count). The molecule has 94 valence electrons. The molecule has 1 saturated carbocycles. The molecule has 1 heterocycles. The summed E-state index contributed by atoms with van der Waals surface area (Å²) in [5, 5.41) is 8.59. The highest BCUT2D eigenvalue weighted by Gasteiger charge is 2.30. The monoisotopic (exact) mass is 242 g/mol. The molecule has 0 spiro atoms. The van der Waals surface area contributed by atoms with E-state index in [9.17, 15) is 0 Å². The molecule has 0 amide bonds. The summed E-state index contributed by atoms with van der Waals surface area (Å²) in [5.74, 6) is 2.28. The van der Waals surface area contributed by atoms with Gasteiger partial charge in [0, 0.05) is 17.6 Å². The van der Waals surface area contributed by atoms with Crippen molar-refractivity contribution >= 4 is 0 Å². The zero-order valence-electron chi connectivity index (χ0n) is 10.6. The van der Waals surface area contributed by atoms with Gasteiger partial charge in [-0.2, -0.15) is 0 Å². The van der Waals surface area contributed by atoms with Crippen LogP contribution in [0.5, 0.6) is 0 Å². The number of hydrogen-bond acceptors (Lipinski definition) is 3. The van der Waals surface area contributed by atoms with E-state index >= 15 is 0 Å². The van der Waals surface area contributed by atoms with Gasteiger partial charge >= 0.3 is 0 Å². The number of para-hydroxylation sites is 1. The lowest BCUT2D eigenvalue weighted by Gasteiger charge is -2.16. The number of rotatable bonds is 2. The van der Waals surface area contributed by atoms with Gasteiger partial charge in [0.05, 0.1) is 0 Å². The number of hydrogen-bond donors (Lipinski definition) is 1. The van der Waals surface area contributed by atoms with Crippen LogP contribution in [0, 0.1) is 6.92 Å². The first-order valence-corrected chi connectivity index (χ1v) is 6.50. The van der Waals surface area contributed by atoms with Crippen LogP contribution in [0.15, 0.2) is 30.3 Å². The average molecular weight is 242 g/mol. The van der Waals surface area contributed by atoms with Gasteiger partial charge in [-0.15, -0.1) is 10.2 Å². The summed E-state index contributed by atoms with van der Waals surface area (Å²) >= 11 is 0. The predicted molar refractivity (Wildman–Crippen MR) is 70.7 cm³/mol. The summed E-state index contributed by atoms with van der Waals surface area (Å²) in [4.78, 5) is 0. The fourth-order valence-electron chi connectivity index (χ4n) is 2.82. The van der Waals surface area contributed by atoms with Crippen molar-refractivity contribution in [3.8, 4) is 5.69 Å². The molecule has 2 unspecified atom stereocenters. The minimum atomic E-state index is 0.219. The fourth-order valence-corrected chi connectivity index (χ4v) is 2.82. The molecule has 1 fully saturated rings. The zero-order chi connectivity index (χ0) is 12.5. The summed E-state index contributed by atoms with van der Waals surface area (Å²) in [7, 11) is 0. The van der Waals surface area contributed by atoms with Crippen molar-refractivity contribution in [3.63, 3.8) is 0 Å². The molecule has 1 aromatic heterocycles. The Kier molecular flexibility index (Phi) is 2.88. The van der Waals surface area contributed by atoms with E-state index in [0.29, 0.717) is 5.92 Å². The quantitative estimate of drug-likeness (QED) is 0.878. The summed E-state index contributed by atoms with van der Waals surface area (Å²) in [6, 6.07) is 10.5. The van der Waals surface area contributed by atoms with Crippen molar-refractivity contribution in [1.29, 1.82) is 0 Å². The Bertz CT molecular complexity index is 532. The van der Waals surface area contributed by atoms with E-state index in [1.54, 1.807) is 0 Å². The van der Waals surface area contributed by atoms with Crippen LogP contribution in [-0.2, 0) is 0 Å². The lowest BCUT2D eigenvalue weighted by Crippen LogP contribution is -2.25. The van der Waals surface area contributed by atoms with Gasteiger partial charge in [-0.25, -0.2) is 0 Å². The molecule has 4 heteroatoms. The van der Waals surface area contributed by atoms with Crippen molar-refractivity contribution in [1.82, 2.24) is 14.8 Å². The Morgan fingerprint density at radius 3 is 2.61 bits per heavy atom. The SMILES string of the molecule is Cc1nnc(C2CCCC2N)n1-c1ccccc1. The first-order valence-electron chi connectivity index (χ1n) is 6.50. The minimum Gasteiger partial charge on any atom is -0.327 e. The summed E-state index contributed by atoms with van der Waals surface area (Å²) in [6.07, 6.45) is 3.39. The van der Waals surface area contributed by atoms with Crippen molar-refractivity contribution in [2.24, 2.45) is 5.73 Å². The highest BCUT2D eigenvalue weighted by atomic mass is 15.3. The number of nitrogens with zero attached hydrogens (tertiary/aromatic N) is 3. The maximum Gasteiger partial charge on any atom is 0.142 e. The van der Waals surface area contributed by atoms with Crippen LogP contribution < -0.4 is 5.73 Å². The van der Waals surface area contributed by atoms with Crippen molar-refractivity contribution in [2.75, 3.05) is 0 Å². The molecule has 1 aromatic carbocycles. The smallest absolute Gasteiger partial charge is 0.142 e. The van der Waals surface area contributed by atoms with Crippen molar-refractivity contribution < 1.29 is 0 Å². The van der Waals surface area contributed by atoms with Gasteiger partial charge in [-0.05, 0) is 31.9 Å². The summed E-state index contributed by atoms with van der Waals surface area (Å²) in [5.41, 5.74) is 7.31. The van der Waals surface area contributed by atoms with Crippen LogP contribution in [0.25, 0.3) is 5.69 Å². The van der Waals surface area contributed by atoms with Crippen molar-refractivity contribution in [3.05, 3.63) is 42.0 Å². The fraction of sp³-hybridized carbons (Fsp3) is 0.429. The standard InChI is InChI=1S/C14H18N4/c1-10-16-17-14(12-8-5-9-13(12)15)18(10)11-6-3-2-4-7-11/h2-4,6-7,12-13H,5,8-9,15H2,1H3. The first-order chi connectivity index (χ1) is 8.77. The molecule has 0 bridgehead atoms. The highest BCUT2D eigenvalue weighted by Crippen LogP contribution is 2.33. The predicted octanol–water partition coefficient (Wildman–Crippen LogP) is 2.17. The van der Waals surface area contributed by atoms with E-state index in [1.807, 2.05) is 25.1 Å². The number of aryl methyl sites for hydroxylation is 1. The molecule has 1 aliphatic carbocycles. The van der Waals surface area contributed by atoms with Gasteiger partial charge in [0.25, 0.3) is 0 Å². The van der Waals surface area contributed by atoms with E-state index < -0.39 is 0 Å². The molecular formula is C14H18N4. The minimum absolute atomic E-state index is 0.219. The number of nitrogens with two attached hydrogens (primary N) is 1. The van der Waals surface area contributed by atoms with E-state index in [1.165, 1.54) is 6.42 Å². The highest BCUT2D eigenvalue weighted by molar-refractivity contribution is 5.34.